The predicted molar refractivity (Wildman–Crippen MR) is 89.6 cm³/mol. The van der Waals surface area contributed by atoms with Gasteiger partial charge in [-0.2, -0.15) is 0 Å². The van der Waals surface area contributed by atoms with E-state index in [9.17, 15) is 4.79 Å². The second-order valence-corrected chi connectivity index (χ2v) is 6.91. The van der Waals surface area contributed by atoms with Gasteiger partial charge in [-0.25, -0.2) is 0 Å². The standard InChI is InChI=1S/C18H22N4O2/c1-13-15(16(20-24-13)14-5-3-4-9-19-14)17(23)22-12-8-18(22)6-10-21(2)11-7-18/h3-5,9H,6-8,10-12H2,1-2H3. The number of carbonyl (C=O) groups excluding carboxylic acids is 1. The molecule has 0 unspecified atom stereocenters. The van der Waals surface area contributed by atoms with Crippen LogP contribution in [0.15, 0.2) is 28.9 Å². The first-order valence-electron chi connectivity index (χ1n) is 8.49. The van der Waals surface area contributed by atoms with E-state index in [0.717, 1.165) is 38.9 Å². The summed E-state index contributed by atoms with van der Waals surface area (Å²) in [4.78, 5) is 21.9. The number of carbonyl (C=O) groups is 1. The highest BCUT2D eigenvalue weighted by molar-refractivity contribution is 6.01. The molecule has 0 N–H and O–H groups in total. The van der Waals surface area contributed by atoms with Gasteiger partial charge in [0.2, 0.25) is 0 Å². The van der Waals surface area contributed by atoms with Gasteiger partial charge in [-0.1, -0.05) is 11.2 Å². The molecule has 6 heteroatoms. The Morgan fingerprint density at radius 2 is 1.96 bits per heavy atom. The molecule has 1 amide bonds. The van der Waals surface area contributed by atoms with E-state index in [-0.39, 0.29) is 11.4 Å². The Bertz CT molecular complexity index is 748. The largest absolute Gasteiger partial charge is 0.360 e. The Labute approximate surface area is 141 Å². The maximum absolute atomic E-state index is 13.2. The second kappa shape index (κ2) is 5.70. The molecule has 2 aliphatic rings. The van der Waals surface area contributed by atoms with Crippen LogP contribution in [0.25, 0.3) is 11.4 Å². The van der Waals surface area contributed by atoms with Crippen LogP contribution in [-0.4, -0.2) is 58.1 Å². The van der Waals surface area contributed by atoms with Gasteiger partial charge in [0.25, 0.3) is 5.91 Å². The van der Waals surface area contributed by atoms with Crippen molar-refractivity contribution in [2.24, 2.45) is 0 Å². The molecule has 0 radical (unpaired) electrons. The zero-order chi connectivity index (χ0) is 16.7. The molecule has 24 heavy (non-hydrogen) atoms. The smallest absolute Gasteiger partial charge is 0.260 e. The molecule has 126 valence electrons. The first kappa shape index (κ1) is 15.3. The van der Waals surface area contributed by atoms with Crippen LogP contribution in [0.5, 0.6) is 0 Å². The van der Waals surface area contributed by atoms with Gasteiger partial charge < -0.3 is 14.3 Å². The highest BCUT2D eigenvalue weighted by Crippen LogP contribution is 2.41. The molecule has 6 nitrogen and oxygen atoms in total. The lowest BCUT2D eigenvalue weighted by molar-refractivity contribution is -0.0350. The normalized spacial score (nSPS) is 20.2. The van der Waals surface area contributed by atoms with Gasteiger partial charge in [-0.05, 0) is 45.4 Å². The van der Waals surface area contributed by atoms with Crippen LogP contribution in [0, 0.1) is 6.92 Å². The SMILES string of the molecule is Cc1onc(-c2ccccn2)c1C(=O)N1CCC12CCN(C)CC2. The molecule has 2 saturated heterocycles. The van der Waals surface area contributed by atoms with E-state index in [1.165, 1.54) is 0 Å². The first-order chi connectivity index (χ1) is 11.6. The molecule has 0 atom stereocenters. The van der Waals surface area contributed by atoms with E-state index in [4.69, 9.17) is 4.52 Å². The van der Waals surface area contributed by atoms with Crippen molar-refractivity contribution >= 4 is 5.91 Å². The van der Waals surface area contributed by atoms with Crippen molar-refractivity contribution in [2.75, 3.05) is 26.7 Å². The summed E-state index contributed by atoms with van der Waals surface area (Å²) in [5, 5.41) is 4.10. The molecular weight excluding hydrogens is 304 g/mol. The fraction of sp³-hybridized carbons (Fsp3) is 0.500. The zero-order valence-corrected chi connectivity index (χ0v) is 14.2. The van der Waals surface area contributed by atoms with E-state index >= 15 is 0 Å². The van der Waals surface area contributed by atoms with Crippen LogP contribution < -0.4 is 0 Å². The number of hydrogen-bond donors (Lipinski definition) is 0. The fourth-order valence-corrected chi connectivity index (χ4v) is 3.85. The minimum absolute atomic E-state index is 0.0225. The molecule has 0 saturated carbocycles. The summed E-state index contributed by atoms with van der Waals surface area (Å²) in [6.45, 7) is 4.70. The van der Waals surface area contributed by atoms with Crippen molar-refractivity contribution in [2.45, 2.75) is 31.7 Å². The van der Waals surface area contributed by atoms with E-state index in [2.05, 4.69) is 22.1 Å². The van der Waals surface area contributed by atoms with E-state index in [0.29, 0.717) is 22.7 Å². The summed E-state index contributed by atoms with van der Waals surface area (Å²) in [6.07, 6.45) is 4.88. The van der Waals surface area contributed by atoms with Gasteiger partial charge in [0, 0.05) is 31.4 Å². The third kappa shape index (κ3) is 2.33. The number of rotatable bonds is 2. The second-order valence-electron chi connectivity index (χ2n) is 6.91. The number of piperidine rings is 1. The highest BCUT2D eigenvalue weighted by atomic mass is 16.5. The van der Waals surface area contributed by atoms with Crippen molar-refractivity contribution in [3.8, 4) is 11.4 Å². The zero-order valence-electron chi connectivity index (χ0n) is 14.2. The van der Waals surface area contributed by atoms with Crippen LogP contribution in [-0.2, 0) is 0 Å². The molecule has 4 heterocycles. The third-order valence-electron chi connectivity index (χ3n) is 5.52. The van der Waals surface area contributed by atoms with E-state index in [1.807, 2.05) is 23.1 Å². The summed E-state index contributed by atoms with van der Waals surface area (Å²) in [5.41, 5.74) is 1.81. The predicted octanol–water partition coefficient (Wildman–Crippen LogP) is 2.36. The number of aromatic nitrogens is 2. The van der Waals surface area contributed by atoms with Gasteiger partial charge >= 0.3 is 0 Å². The van der Waals surface area contributed by atoms with Gasteiger partial charge in [0.1, 0.15) is 17.0 Å². The van der Waals surface area contributed by atoms with Gasteiger partial charge in [0.05, 0.1) is 5.69 Å². The van der Waals surface area contributed by atoms with Crippen LogP contribution in [0.1, 0.15) is 35.4 Å². The number of hydrogen-bond acceptors (Lipinski definition) is 5. The minimum atomic E-state index is 0.0225. The van der Waals surface area contributed by atoms with Gasteiger partial charge in [0.15, 0.2) is 0 Å². The third-order valence-corrected chi connectivity index (χ3v) is 5.52. The Kier molecular flexibility index (Phi) is 3.64. The Morgan fingerprint density at radius 3 is 2.58 bits per heavy atom. The molecule has 2 aromatic rings. The van der Waals surface area contributed by atoms with Crippen LogP contribution in [0.2, 0.25) is 0 Å². The summed E-state index contributed by atoms with van der Waals surface area (Å²) >= 11 is 0. The average Bonchev–Trinajstić information content (AvgIpc) is 2.97. The van der Waals surface area contributed by atoms with E-state index in [1.54, 1.807) is 13.1 Å². The molecule has 0 aromatic carbocycles. The fourth-order valence-electron chi connectivity index (χ4n) is 3.85. The Morgan fingerprint density at radius 1 is 1.21 bits per heavy atom. The summed E-state index contributed by atoms with van der Waals surface area (Å²) in [6, 6.07) is 5.60. The van der Waals surface area contributed by atoms with Crippen LogP contribution >= 0.6 is 0 Å². The number of pyridine rings is 1. The topological polar surface area (TPSA) is 62.5 Å². The Balaban J connectivity index is 1.65. The van der Waals surface area contributed by atoms with E-state index < -0.39 is 0 Å². The molecule has 2 aliphatic heterocycles. The van der Waals surface area contributed by atoms with Crippen molar-refractivity contribution in [1.82, 2.24) is 19.9 Å². The van der Waals surface area contributed by atoms with Gasteiger partial charge in [-0.3, -0.25) is 9.78 Å². The molecular formula is C18H22N4O2. The van der Waals surface area contributed by atoms with Crippen molar-refractivity contribution < 1.29 is 9.32 Å². The van der Waals surface area contributed by atoms with Crippen molar-refractivity contribution in [3.05, 3.63) is 35.7 Å². The van der Waals surface area contributed by atoms with Crippen LogP contribution in [0.4, 0.5) is 0 Å². The van der Waals surface area contributed by atoms with Crippen LogP contribution in [0.3, 0.4) is 0 Å². The summed E-state index contributed by atoms with van der Waals surface area (Å²) in [7, 11) is 2.14. The highest BCUT2D eigenvalue weighted by Gasteiger charge is 2.49. The lowest BCUT2D eigenvalue weighted by Gasteiger charge is -2.56. The molecule has 2 aromatic heterocycles. The monoisotopic (exact) mass is 326 g/mol. The first-order valence-corrected chi connectivity index (χ1v) is 8.49. The molecule has 0 aliphatic carbocycles. The molecule has 0 bridgehead atoms. The quantitative estimate of drug-likeness (QED) is 0.848. The maximum atomic E-state index is 13.2. The molecule has 2 fully saturated rings. The number of aryl methyl sites for hydroxylation is 1. The Hall–Kier alpha value is -2.21. The minimum Gasteiger partial charge on any atom is -0.360 e. The summed E-state index contributed by atoms with van der Waals surface area (Å²) in [5.74, 6) is 0.598. The number of nitrogens with zero attached hydrogens (tertiary/aromatic N) is 4. The lowest BCUT2D eigenvalue weighted by atomic mass is 9.76. The summed E-state index contributed by atoms with van der Waals surface area (Å²) < 4.78 is 5.34. The lowest BCUT2D eigenvalue weighted by Crippen LogP contribution is -2.65. The number of amides is 1. The van der Waals surface area contributed by atoms with Crippen molar-refractivity contribution in [1.29, 1.82) is 0 Å². The average molecular weight is 326 g/mol. The molecule has 4 rings (SSSR count). The maximum Gasteiger partial charge on any atom is 0.260 e. The van der Waals surface area contributed by atoms with Crippen molar-refractivity contribution in [3.63, 3.8) is 0 Å². The number of likely N-dealkylation sites (tertiary alicyclic amines) is 2. The van der Waals surface area contributed by atoms with Gasteiger partial charge in [-0.15, -0.1) is 0 Å². The molecule has 1 spiro atoms.